The molecule has 2 atom stereocenters. The average Bonchev–Trinajstić information content (AvgIpc) is 2.12. The first-order valence-electron chi connectivity index (χ1n) is 5.50. The van der Waals surface area contributed by atoms with E-state index in [1.807, 2.05) is 6.92 Å². The summed E-state index contributed by atoms with van der Waals surface area (Å²) in [5.74, 6) is 0. The van der Waals surface area contributed by atoms with Crippen molar-refractivity contribution in [1.82, 2.24) is 9.76 Å². The predicted molar refractivity (Wildman–Crippen MR) is 65.5 cm³/mol. The predicted octanol–water partition coefficient (Wildman–Crippen LogP) is 2.30. The number of hydrogen-bond acceptors (Lipinski definition) is 4. The van der Waals surface area contributed by atoms with Crippen LogP contribution in [0.5, 0.6) is 0 Å². The molecule has 5 heteroatoms. The zero-order chi connectivity index (χ0) is 12.0. The monoisotopic (exact) mass is 236 g/mol. The molecule has 0 bridgehead atoms. The lowest BCUT2D eigenvalue weighted by atomic mass is 10.3. The molecule has 2 unspecified atom stereocenters. The molecule has 4 nitrogen and oxygen atoms in total. The lowest BCUT2D eigenvalue weighted by molar-refractivity contribution is 0.0865. The fraction of sp³-hybridized carbons (Fsp3) is 1.00. The minimum atomic E-state index is -1.32. The Labute approximate surface area is 94.9 Å². The van der Waals surface area contributed by atoms with Crippen molar-refractivity contribution >= 4 is 8.45 Å². The molecular weight excluding hydrogens is 211 g/mol. The molecule has 0 radical (unpaired) electrons. The van der Waals surface area contributed by atoms with Gasteiger partial charge in [0, 0.05) is 19.2 Å². The van der Waals surface area contributed by atoms with Crippen LogP contribution < -0.4 is 5.09 Å². The third-order valence-corrected chi connectivity index (χ3v) is 4.07. The minimum Gasteiger partial charge on any atom is -0.366 e. The Bertz CT molecular complexity index is 156. The van der Waals surface area contributed by atoms with Crippen molar-refractivity contribution in [2.45, 2.75) is 59.4 Å². The average molecular weight is 236 g/mol. The van der Waals surface area contributed by atoms with E-state index in [-0.39, 0.29) is 6.23 Å². The molecule has 0 saturated carbocycles. The van der Waals surface area contributed by atoms with Crippen molar-refractivity contribution < 1.29 is 9.63 Å². The molecule has 0 heterocycles. The van der Waals surface area contributed by atoms with E-state index in [1.165, 1.54) is 0 Å². The lowest BCUT2D eigenvalue weighted by Gasteiger charge is -2.35. The topological polar surface area (TPSA) is 44.7 Å². The normalized spacial score (nSPS) is 16.4. The van der Waals surface area contributed by atoms with Crippen LogP contribution in [0.15, 0.2) is 0 Å². The zero-order valence-electron chi connectivity index (χ0n) is 10.7. The van der Waals surface area contributed by atoms with Crippen molar-refractivity contribution in [2.75, 3.05) is 7.11 Å². The van der Waals surface area contributed by atoms with Gasteiger partial charge >= 0.3 is 0 Å². The highest BCUT2D eigenvalue weighted by Crippen LogP contribution is 2.35. The smallest absolute Gasteiger partial charge is 0.184 e. The summed E-state index contributed by atoms with van der Waals surface area (Å²) >= 11 is 0. The summed E-state index contributed by atoms with van der Waals surface area (Å²) in [5.41, 5.74) is 0. The van der Waals surface area contributed by atoms with E-state index in [0.29, 0.717) is 12.1 Å². The molecule has 0 spiro atoms. The fourth-order valence-corrected chi connectivity index (χ4v) is 3.09. The van der Waals surface area contributed by atoms with Gasteiger partial charge in [-0.15, -0.1) is 0 Å². The second kappa shape index (κ2) is 7.53. The number of nitrogens with one attached hydrogen (secondary N) is 1. The van der Waals surface area contributed by atoms with Crippen LogP contribution in [0.3, 0.4) is 0 Å². The quantitative estimate of drug-likeness (QED) is 0.526. The second-order valence-electron chi connectivity index (χ2n) is 4.12. The van der Waals surface area contributed by atoms with Crippen LogP contribution in [0, 0.1) is 0 Å². The molecule has 92 valence electrons. The first kappa shape index (κ1) is 15.3. The van der Waals surface area contributed by atoms with E-state index in [4.69, 9.17) is 4.74 Å². The Kier molecular flexibility index (Phi) is 7.66. The molecule has 0 saturated heterocycles. The molecule has 0 aromatic rings. The fourth-order valence-electron chi connectivity index (χ4n) is 1.54. The van der Waals surface area contributed by atoms with Gasteiger partial charge in [-0.1, -0.05) is 6.92 Å². The number of nitrogens with zero attached hydrogens (tertiary/aromatic N) is 1. The SMILES string of the molecule is CCC(NP(O)N(C(C)C)C(C)C)OC. The van der Waals surface area contributed by atoms with Gasteiger partial charge in [0.15, 0.2) is 8.45 Å². The Morgan fingerprint density at radius 3 is 2.00 bits per heavy atom. The summed E-state index contributed by atoms with van der Waals surface area (Å²) in [5, 5.41) is 3.10. The molecule has 0 aliphatic carbocycles. The highest BCUT2D eigenvalue weighted by atomic mass is 31.2. The van der Waals surface area contributed by atoms with Crippen LogP contribution >= 0.6 is 8.45 Å². The molecule has 0 aliphatic heterocycles. The van der Waals surface area contributed by atoms with Gasteiger partial charge in [-0.25, -0.2) is 9.76 Å². The summed E-state index contributed by atoms with van der Waals surface area (Å²) in [4.78, 5) is 10.1. The van der Waals surface area contributed by atoms with Crippen molar-refractivity contribution in [2.24, 2.45) is 0 Å². The standard InChI is InChI=1S/C10H25N2O2P/c1-7-10(14-6)11-15(13)12(8(2)3)9(4)5/h8-11,13H,7H2,1-6H3. The molecule has 0 aromatic carbocycles. The van der Waals surface area contributed by atoms with E-state index in [0.717, 1.165) is 6.42 Å². The Morgan fingerprint density at radius 2 is 1.73 bits per heavy atom. The molecule has 2 N–H and O–H groups in total. The molecule has 0 rings (SSSR count). The summed E-state index contributed by atoms with van der Waals surface area (Å²) < 4.78 is 7.26. The minimum absolute atomic E-state index is 0.0684. The Hall–Kier alpha value is 0.270. The van der Waals surface area contributed by atoms with Gasteiger partial charge in [0.25, 0.3) is 0 Å². The maximum absolute atomic E-state index is 10.1. The van der Waals surface area contributed by atoms with E-state index >= 15 is 0 Å². The summed E-state index contributed by atoms with van der Waals surface area (Å²) in [6, 6.07) is 0.644. The Balaban J connectivity index is 4.30. The van der Waals surface area contributed by atoms with Gasteiger partial charge in [-0.2, -0.15) is 0 Å². The second-order valence-corrected chi connectivity index (χ2v) is 5.42. The first-order chi connectivity index (χ1) is 6.93. The van der Waals surface area contributed by atoms with Crippen molar-refractivity contribution in [3.8, 4) is 0 Å². The first-order valence-corrected chi connectivity index (χ1v) is 6.74. The molecule has 0 amide bonds. The molecule has 0 aromatic heterocycles. The summed E-state index contributed by atoms with van der Waals surface area (Å²) in [6.45, 7) is 10.4. The number of ether oxygens (including phenoxy) is 1. The molecule has 15 heavy (non-hydrogen) atoms. The highest BCUT2D eigenvalue weighted by molar-refractivity contribution is 7.46. The highest BCUT2D eigenvalue weighted by Gasteiger charge is 2.24. The van der Waals surface area contributed by atoms with Gasteiger partial charge in [0.1, 0.15) is 6.23 Å². The van der Waals surface area contributed by atoms with E-state index < -0.39 is 8.45 Å². The van der Waals surface area contributed by atoms with Crippen molar-refractivity contribution in [3.05, 3.63) is 0 Å². The molecular formula is C10H25N2O2P. The van der Waals surface area contributed by atoms with Crippen LogP contribution in [0.2, 0.25) is 0 Å². The van der Waals surface area contributed by atoms with Crippen LogP contribution in [-0.4, -0.2) is 35.0 Å². The van der Waals surface area contributed by atoms with Crippen LogP contribution in [0.25, 0.3) is 0 Å². The third-order valence-electron chi connectivity index (χ3n) is 2.19. The third kappa shape index (κ3) is 5.23. The van der Waals surface area contributed by atoms with Crippen LogP contribution in [-0.2, 0) is 4.74 Å². The zero-order valence-corrected chi connectivity index (χ0v) is 11.6. The van der Waals surface area contributed by atoms with Crippen molar-refractivity contribution in [3.63, 3.8) is 0 Å². The summed E-state index contributed by atoms with van der Waals surface area (Å²) in [7, 11) is 0.337. The maximum Gasteiger partial charge on any atom is 0.184 e. The largest absolute Gasteiger partial charge is 0.366 e. The van der Waals surface area contributed by atoms with Gasteiger partial charge in [0.05, 0.1) is 0 Å². The molecule has 0 aliphatic rings. The van der Waals surface area contributed by atoms with Crippen LogP contribution in [0.4, 0.5) is 0 Å². The van der Waals surface area contributed by atoms with Gasteiger partial charge in [0.2, 0.25) is 0 Å². The maximum atomic E-state index is 10.1. The van der Waals surface area contributed by atoms with Gasteiger partial charge in [-0.3, -0.25) is 0 Å². The molecule has 0 fully saturated rings. The van der Waals surface area contributed by atoms with Crippen LogP contribution in [0.1, 0.15) is 41.0 Å². The Morgan fingerprint density at radius 1 is 1.27 bits per heavy atom. The van der Waals surface area contributed by atoms with E-state index in [2.05, 4.69) is 37.5 Å². The van der Waals surface area contributed by atoms with Crippen molar-refractivity contribution in [1.29, 1.82) is 0 Å². The van der Waals surface area contributed by atoms with E-state index in [1.54, 1.807) is 7.11 Å². The van der Waals surface area contributed by atoms with E-state index in [9.17, 15) is 4.89 Å². The lowest BCUT2D eigenvalue weighted by Crippen LogP contribution is -2.39. The van der Waals surface area contributed by atoms with Gasteiger partial charge in [-0.05, 0) is 34.1 Å². The number of rotatable bonds is 7. The summed E-state index contributed by atoms with van der Waals surface area (Å²) in [6.07, 6.45) is 0.779. The van der Waals surface area contributed by atoms with Gasteiger partial charge < -0.3 is 9.63 Å². The number of hydrogen-bond donors (Lipinski definition) is 2. The number of methoxy groups -OCH3 is 1.